The lowest BCUT2D eigenvalue weighted by Crippen LogP contribution is -2.17. The summed E-state index contributed by atoms with van der Waals surface area (Å²) in [5.74, 6) is 0.866. The van der Waals surface area contributed by atoms with Crippen molar-refractivity contribution in [2.45, 2.75) is 6.54 Å². The van der Waals surface area contributed by atoms with Crippen LogP contribution < -0.4 is 15.4 Å². The summed E-state index contributed by atoms with van der Waals surface area (Å²) in [6.45, 7) is 0.756. The summed E-state index contributed by atoms with van der Waals surface area (Å²) in [7, 11) is 3.72. The van der Waals surface area contributed by atoms with Crippen molar-refractivity contribution in [2.24, 2.45) is 0 Å². The lowest BCUT2D eigenvalue weighted by molar-refractivity contribution is 0.415. The SMILES string of the molecule is COc1ccccc1N(C)Cc1cccc(N)c1Br. The zero-order valence-electron chi connectivity index (χ0n) is 11.1. The number of benzene rings is 2. The Labute approximate surface area is 122 Å². The van der Waals surface area contributed by atoms with Crippen LogP contribution in [0.5, 0.6) is 5.75 Å². The first-order valence-corrected chi connectivity index (χ1v) is 6.79. The van der Waals surface area contributed by atoms with Crippen molar-refractivity contribution >= 4 is 27.3 Å². The van der Waals surface area contributed by atoms with Gasteiger partial charge in [-0.2, -0.15) is 0 Å². The zero-order chi connectivity index (χ0) is 13.8. The van der Waals surface area contributed by atoms with Crippen LogP contribution in [0, 0.1) is 0 Å². The smallest absolute Gasteiger partial charge is 0.142 e. The minimum absolute atomic E-state index is 0.755. The van der Waals surface area contributed by atoms with Gasteiger partial charge < -0.3 is 15.4 Å². The second kappa shape index (κ2) is 5.97. The molecular weight excluding hydrogens is 304 g/mol. The molecule has 19 heavy (non-hydrogen) atoms. The molecule has 100 valence electrons. The van der Waals surface area contributed by atoms with E-state index in [1.807, 2.05) is 43.4 Å². The average Bonchev–Trinajstić information content (AvgIpc) is 2.43. The van der Waals surface area contributed by atoms with Crippen molar-refractivity contribution in [3.05, 3.63) is 52.5 Å². The van der Waals surface area contributed by atoms with E-state index in [2.05, 4.69) is 26.9 Å². The Balaban J connectivity index is 2.26. The molecule has 0 aliphatic heterocycles. The van der Waals surface area contributed by atoms with Crippen LogP contribution in [0.1, 0.15) is 5.56 Å². The van der Waals surface area contributed by atoms with Crippen molar-refractivity contribution < 1.29 is 4.74 Å². The Morgan fingerprint density at radius 1 is 1.16 bits per heavy atom. The quantitative estimate of drug-likeness (QED) is 0.873. The molecule has 0 aliphatic carbocycles. The monoisotopic (exact) mass is 320 g/mol. The molecule has 0 fully saturated rings. The third-order valence-corrected chi connectivity index (χ3v) is 3.98. The number of ether oxygens (including phenoxy) is 1. The maximum absolute atomic E-state index is 5.90. The fourth-order valence-electron chi connectivity index (χ4n) is 2.01. The summed E-state index contributed by atoms with van der Waals surface area (Å²) in [5.41, 5.74) is 8.86. The minimum Gasteiger partial charge on any atom is -0.495 e. The van der Waals surface area contributed by atoms with Crippen molar-refractivity contribution in [3.8, 4) is 5.75 Å². The Hall–Kier alpha value is -1.68. The molecule has 2 N–H and O–H groups in total. The van der Waals surface area contributed by atoms with Crippen molar-refractivity contribution in [1.82, 2.24) is 0 Å². The molecule has 4 heteroatoms. The third-order valence-electron chi connectivity index (χ3n) is 3.01. The van der Waals surface area contributed by atoms with Crippen molar-refractivity contribution in [3.63, 3.8) is 0 Å². The normalized spacial score (nSPS) is 10.3. The summed E-state index contributed by atoms with van der Waals surface area (Å²) in [4.78, 5) is 2.14. The lowest BCUT2D eigenvalue weighted by atomic mass is 10.2. The van der Waals surface area contributed by atoms with Gasteiger partial charge in [0.1, 0.15) is 5.75 Å². The van der Waals surface area contributed by atoms with E-state index >= 15 is 0 Å². The number of halogens is 1. The van der Waals surface area contributed by atoms with Crippen molar-refractivity contribution in [2.75, 3.05) is 24.8 Å². The fourth-order valence-corrected chi connectivity index (χ4v) is 2.40. The Morgan fingerprint density at radius 2 is 1.89 bits per heavy atom. The maximum atomic E-state index is 5.90. The highest BCUT2D eigenvalue weighted by molar-refractivity contribution is 9.10. The second-order valence-corrected chi connectivity index (χ2v) is 5.14. The number of para-hydroxylation sites is 2. The topological polar surface area (TPSA) is 38.5 Å². The first-order chi connectivity index (χ1) is 9.13. The van der Waals surface area contributed by atoms with Gasteiger partial charge in [-0.25, -0.2) is 0 Å². The highest BCUT2D eigenvalue weighted by atomic mass is 79.9. The average molecular weight is 321 g/mol. The summed E-state index contributed by atoms with van der Waals surface area (Å²) in [6, 6.07) is 13.9. The number of rotatable bonds is 4. The Morgan fingerprint density at radius 3 is 2.63 bits per heavy atom. The van der Waals surface area contributed by atoms with Gasteiger partial charge in [-0.05, 0) is 39.7 Å². The predicted octanol–water partition coefficient (Wildman–Crippen LogP) is 3.68. The van der Waals surface area contributed by atoms with Gasteiger partial charge in [0.25, 0.3) is 0 Å². The van der Waals surface area contributed by atoms with Gasteiger partial charge in [-0.3, -0.25) is 0 Å². The van der Waals surface area contributed by atoms with Gasteiger partial charge in [0, 0.05) is 23.8 Å². The molecule has 0 heterocycles. The molecule has 2 aromatic carbocycles. The molecule has 0 aromatic heterocycles. The van der Waals surface area contributed by atoms with Crippen LogP contribution in [-0.2, 0) is 6.54 Å². The fraction of sp³-hybridized carbons (Fsp3) is 0.200. The third kappa shape index (κ3) is 3.01. The van der Waals surface area contributed by atoms with E-state index in [1.165, 1.54) is 0 Å². The molecule has 0 spiro atoms. The number of anilines is 2. The van der Waals surface area contributed by atoms with Crippen LogP contribution in [0.15, 0.2) is 46.9 Å². The first kappa shape index (κ1) is 13.7. The number of nitrogen functional groups attached to an aromatic ring is 1. The second-order valence-electron chi connectivity index (χ2n) is 4.35. The van der Waals surface area contributed by atoms with E-state index in [1.54, 1.807) is 7.11 Å². The predicted molar refractivity (Wildman–Crippen MR) is 83.7 cm³/mol. The number of hydrogen-bond donors (Lipinski definition) is 1. The van der Waals surface area contributed by atoms with Gasteiger partial charge in [0.15, 0.2) is 0 Å². The van der Waals surface area contributed by atoms with E-state index in [9.17, 15) is 0 Å². The Bertz CT molecular complexity index is 572. The number of nitrogens with two attached hydrogens (primary N) is 1. The van der Waals surface area contributed by atoms with Gasteiger partial charge >= 0.3 is 0 Å². The highest BCUT2D eigenvalue weighted by Crippen LogP contribution is 2.30. The minimum atomic E-state index is 0.755. The van der Waals surface area contributed by atoms with Gasteiger partial charge in [-0.15, -0.1) is 0 Å². The van der Waals surface area contributed by atoms with Crippen LogP contribution in [0.25, 0.3) is 0 Å². The van der Waals surface area contributed by atoms with Crippen LogP contribution in [0.2, 0.25) is 0 Å². The van der Waals surface area contributed by atoms with Gasteiger partial charge in [-0.1, -0.05) is 24.3 Å². The summed E-state index contributed by atoms with van der Waals surface area (Å²) in [5, 5.41) is 0. The molecule has 0 amide bonds. The molecule has 0 unspecified atom stereocenters. The standard InChI is InChI=1S/C15H17BrN2O/c1-18(13-8-3-4-9-14(13)19-2)10-11-6-5-7-12(17)15(11)16/h3-9H,10,17H2,1-2H3. The van der Waals surface area contributed by atoms with E-state index in [0.29, 0.717) is 0 Å². The van der Waals surface area contributed by atoms with Gasteiger partial charge in [0.05, 0.1) is 12.8 Å². The number of hydrogen-bond acceptors (Lipinski definition) is 3. The molecule has 0 atom stereocenters. The van der Waals surface area contributed by atoms with E-state index in [0.717, 1.165) is 33.7 Å². The summed E-state index contributed by atoms with van der Waals surface area (Å²) >= 11 is 3.53. The van der Waals surface area contributed by atoms with Crippen LogP contribution >= 0.6 is 15.9 Å². The molecular formula is C15H17BrN2O. The van der Waals surface area contributed by atoms with Gasteiger partial charge in [0.2, 0.25) is 0 Å². The lowest BCUT2D eigenvalue weighted by Gasteiger charge is -2.22. The molecule has 2 rings (SSSR count). The summed E-state index contributed by atoms with van der Waals surface area (Å²) in [6.07, 6.45) is 0. The summed E-state index contributed by atoms with van der Waals surface area (Å²) < 4.78 is 6.34. The molecule has 0 aliphatic rings. The van der Waals surface area contributed by atoms with E-state index in [4.69, 9.17) is 10.5 Å². The molecule has 0 saturated heterocycles. The maximum Gasteiger partial charge on any atom is 0.142 e. The van der Waals surface area contributed by atoms with Crippen LogP contribution in [0.4, 0.5) is 11.4 Å². The first-order valence-electron chi connectivity index (χ1n) is 6.00. The Kier molecular flexibility index (Phi) is 4.32. The van der Waals surface area contributed by atoms with E-state index < -0.39 is 0 Å². The molecule has 0 bridgehead atoms. The molecule has 0 saturated carbocycles. The van der Waals surface area contributed by atoms with Crippen molar-refractivity contribution in [1.29, 1.82) is 0 Å². The molecule has 0 radical (unpaired) electrons. The van der Waals surface area contributed by atoms with Crippen LogP contribution in [0.3, 0.4) is 0 Å². The highest BCUT2D eigenvalue weighted by Gasteiger charge is 2.10. The number of methoxy groups -OCH3 is 1. The van der Waals surface area contributed by atoms with Crippen LogP contribution in [-0.4, -0.2) is 14.2 Å². The largest absolute Gasteiger partial charge is 0.495 e. The molecule has 2 aromatic rings. The zero-order valence-corrected chi connectivity index (χ0v) is 12.6. The van der Waals surface area contributed by atoms with E-state index in [-0.39, 0.29) is 0 Å². The molecule has 3 nitrogen and oxygen atoms in total. The number of nitrogens with zero attached hydrogens (tertiary/aromatic N) is 1.